The minimum Gasteiger partial charge on any atom is -0.302 e. The number of hydrazine groups is 1. The van der Waals surface area contributed by atoms with Crippen LogP contribution in [0.2, 0.25) is 0 Å². The van der Waals surface area contributed by atoms with Gasteiger partial charge >= 0.3 is 0 Å². The highest BCUT2D eigenvalue weighted by atomic mass is 16.2. The average Bonchev–Trinajstić information content (AvgIpc) is 3.27. The smallest absolute Gasteiger partial charge is 0.265 e. The van der Waals surface area contributed by atoms with Crippen molar-refractivity contribution >= 4 is 17.5 Å². The Balaban J connectivity index is 0.000000210. The monoisotopic (exact) mass is 415 g/mol. The standard InChI is InChI=1S/C16H15N3O.C8H10N2O/c1-3-6-12(2)16(20)19-11-13-7-5-10-18(13)15-14(19)8-4-9-17-15;1-6-4-2-3-5-7(6)8(11)10-9/h3-10H,1,11H2,2H3;2-5H,9H2,1H3,(H,10,11)/b12-6+;. The van der Waals surface area contributed by atoms with Crippen molar-refractivity contribution in [1.82, 2.24) is 15.0 Å². The predicted octanol–water partition coefficient (Wildman–Crippen LogP) is 3.45. The van der Waals surface area contributed by atoms with Gasteiger partial charge in [-0.25, -0.2) is 10.8 Å². The summed E-state index contributed by atoms with van der Waals surface area (Å²) in [5, 5.41) is 0. The number of anilines is 1. The van der Waals surface area contributed by atoms with Crippen molar-refractivity contribution in [2.45, 2.75) is 20.4 Å². The molecule has 3 N–H and O–H groups in total. The van der Waals surface area contributed by atoms with Crippen molar-refractivity contribution in [3.05, 3.63) is 102 Å². The van der Waals surface area contributed by atoms with E-state index in [-0.39, 0.29) is 11.8 Å². The van der Waals surface area contributed by atoms with Gasteiger partial charge in [-0.1, -0.05) is 36.9 Å². The van der Waals surface area contributed by atoms with E-state index < -0.39 is 0 Å². The second-order valence-corrected chi connectivity index (χ2v) is 6.98. The molecule has 2 amide bonds. The minimum atomic E-state index is -0.247. The molecule has 7 heteroatoms. The summed E-state index contributed by atoms with van der Waals surface area (Å²) >= 11 is 0. The van der Waals surface area contributed by atoms with E-state index in [1.54, 1.807) is 42.3 Å². The zero-order valence-corrected chi connectivity index (χ0v) is 17.6. The number of nitrogen functional groups attached to an aromatic ring is 1. The molecule has 7 nitrogen and oxygen atoms in total. The molecule has 0 spiro atoms. The molecule has 3 heterocycles. The molecule has 158 valence electrons. The Kier molecular flexibility index (Phi) is 6.79. The second-order valence-electron chi connectivity index (χ2n) is 6.98. The zero-order chi connectivity index (χ0) is 22.4. The number of fused-ring (bicyclic) bond motifs is 3. The summed E-state index contributed by atoms with van der Waals surface area (Å²) in [6.07, 6.45) is 7.06. The zero-order valence-electron chi connectivity index (χ0n) is 17.6. The number of hydrogen-bond donors (Lipinski definition) is 2. The molecule has 1 aliphatic heterocycles. The van der Waals surface area contributed by atoms with E-state index >= 15 is 0 Å². The number of pyridine rings is 1. The molecule has 31 heavy (non-hydrogen) atoms. The molecule has 0 fully saturated rings. The lowest BCUT2D eigenvalue weighted by Gasteiger charge is -2.30. The number of aryl methyl sites for hydroxylation is 1. The number of benzene rings is 1. The van der Waals surface area contributed by atoms with Gasteiger partial charge in [-0.15, -0.1) is 0 Å². The number of nitrogens with zero attached hydrogens (tertiary/aromatic N) is 3. The van der Waals surface area contributed by atoms with E-state index in [4.69, 9.17) is 5.84 Å². The molecule has 0 saturated carbocycles. The highest BCUT2D eigenvalue weighted by molar-refractivity contribution is 6.06. The van der Waals surface area contributed by atoms with E-state index in [2.05, 4.69) is 17.0 Å². The van der Waals surface area contributed by atoms with Crippen LogP contribution in [0.5, 0.6) is 0 Å². The Morgan fingerprint density at radius 1 is 1.16 bits per heavy atom. The maximum absolute atomic E-state index is 12.6. The minimum absolute atomic E-state index is 0.0217. The molecule has 4 rings (SSSR count). The van der Waals surface area contributed by atoms with Crippen LogP contribution in [-0.4, -0.2) is 21.4 Å². The highest BCUT2D eigenvalue weighted by Gasteiger charge is 2.27. The molecule has 0 aliphatic carbocycles. The summed E-state index contributed by atoms with van der Waals surface area (Å²) in [7, 11) is 0. The number of rotatable bonds is 3. The topological polar surface area (TPSA) is 93.2 Å². The van der Waals surface area contributed by atoms with Gasteiger partial charge in [-0.2, -0.15) is 0 Å². The second kappa shape index (κ2) is 9.69. The van der Waals surface area contributed by atoms with Gasteiger partial charge in [0.15, 0.2) is 5.82 Å². The van der Waals surface area contributed by atoms with Crippen molar-refractivity contribution in [2.75, 3.05) is 4.90 Å². The number of nitrogens with two attached hydrogens (primary N) is 1. The molecular weight excluding hydrogens is 390 g/mol. The van der Waals surface area contributed by atoms with Gasteiger partial charge in [0.25, 0.3) is 11.8 Å². The summed E-state index contributed by atoms with van der Waals surface area (Å²) in [4.78, 5) is 29.7. The summed E-state index contributed by atoms with van der Waals surface area (Å²) in [6, 6.07) is 15.0. The van der Waals surface area contributed by atoms with Gasteiger partial charge in [0.1, 0.15) is 0 Å². The van der Waals surface area contributed by atoms with Crippen molar-refractivity contribution in [3.63, 3.8) is 0 Å². The van der Waals surface area contributed by atoms with Crippen LogP contribution in [0.1, 0.15) is 28.5 Å². The number of nitrogens with one attached hydrogen (secondary N) is 1. The fraction of sp³-hybridized carbons (Fsp3) is 0.125. The molecule has 1 aliphatic rings. The van der Waals surface area contributed by atoms with Crippen molar-refractivity contribution in [2.24, 2.45) is 5.84 Å². The van der Waals surface area contributed by atoms with Crippen LogP contribution in [0.25, 0.3) is 5.82 Å². The molecule has 0 unspecified atom stereocenters. The van der Waals surface area contributed by atoms with Crippen molar-refractivity contribution < 1.29 is 9.59 Å². The van der Waals surface area contributed by atoms with E-state index in [1.165, 1.54) is 0 Å². The van der Waals surface area contributed by atoms with Gasteiger partial charge in [0, 0.05) is 29.2 Å². The third-order valence-corrected chi connectivity index (χ3v) is 4.91. The van der Waals surface area contributed by atoms with Gasteiger partial charge in [-0.3, -0.25) is 19.9 Å². The molecule has 0 radical (unpaired) electrons. The van der Waals surface area contributed by atoms with Crippen LogP contribution >= 0.6 is 0 Å². The number of allylic oxidation sites excluding steroid dienone is 2. The maximum Gasteiger partial charge on any atom is 0.265 e. The van der Waals surface area contributed by atoms with Crippen LogP contribution < -0.4 is 16.2 Å². The molecule has 0 saturated heterocycles. The summed E-state index contributed by atoms with van der Waals surface area (Å²) in [5.74, 6) is 5.49. The highest BCUT2D eigenvalue weighted by Crippen LogP contribution is 2.31. The molecule has 2 aromatic heterocycles. The quantitative estimate of drug-likeness (QED) is 0.225. The Morgan fingerprint density at radius 3 is 2.65 bits per heavy atom. The van der Waals surface area contributed by atoms with E-state index in [9.17, 15) is 9.59 Å². The Hall–Kier alpha value is -3.97. The molecule has 0 atom stereocenters. The van der Waals surface area contributed by atoms with Gasteiger partial charge < -0.3 is 4.57 Å². The Labute approximate surface area is 181 Å². The first-order valence-electron chi connectivity index (χ1n) is 9.77. The predicted molar refractivity (Wildman–Crippen MR) is 122 cm³/mol. The molecule has 1 aromatic carbocycles. The largest absolute Gasteiger partial charge is 0.302 e. The Bertz CT molecular complexity index is 1150. The van der Waals surface area contributed by atoms with Crippen LogP contribution in [0.3, 0.4) is 0 Å². The molecule has 0 bridgehead atoms. The van der Waals surface area contributed by atoms with Crippen molar-refractivity contribution in [3.8, 4) is 5.82 Å². The van der Waals surface area contributed by atoms with Gasteiger partial charge in [0.05, 0.1) is 12.2 Å². The lowest BCUT2D eigenvalue weighted by molar-refractivity contribution is -0.115. The fourth-order valence-electron chi connectivity index (χ4n) is 3.33. The lowest BCUT2D eigenvalue weighted by Crippen LogP contribution is -2.35. The van der Waals surface area contributed by atoms with Gasteiger partial charge in [0.2, 0.25) is 0 Å². The van der Waals surface area contributed by atoms with E-state index in [0.717, 1.165) is 22.8 Å². The van der Waals surface area contributed by atoms with E-state index in [0.29, 0.717) is 17.7 Å². The summed E-state index contributed by atoms with van der Waals surface area (Å²) < 4.78 is 2.02. The maximum atomic E-state index is 12.6. The van der Waals surface area contributed by atoms with Crippen molar-refractivity contribution in [1.29, 1.82) is 0 Å². The van der Waals surface area contributed by atoms with Crippen LogP contribution in [0, 0.1) is 6.92 Å². The van der Waals surface area contributed by atoms with Crippen LogP contribution in [0.4, 0.5) is 5.69 Å². The lowest BCUT2D eigenvalue weighted by atomic mass is 10.1. The molecular formula is C24H25N5O2. The number of carbonyl (C=O) groups is 2. The number of aromatic nitrogens is 2. The molecule has 3 aromatic rings. The fourth-order valence-corrected chi connectivity index (χ4v) is 3.33. The van der Waals surface area contributed by atoms with Crippen LogP contribution in [-0.2, 0) is 11.3 Å². The average molecular weight is 415 g/mol. The van der Waals surface area contributed by atoms with E-state index in [1.807, 2.05) is 54.1 Å². The first-order valence-corrected chi connectivity index (χ1v) is 9.77. The number of amides is 2. The Morgan fingerprint density at radius 2 is 1.94 bits per heavy atom. The third kappa shape index (κ3) is 4.62. The third-order valence-electron chi connectivity index (χ3n) is 4.91. The normalized spacial score (nSPS) is 12.1. The SMILES string of the molecule is C=C/C=C(\C)C(=O)N1Cc2cccn2-c2ncccc21.Cc1ccccc1C(=O)NN. The summed E-state index contributed by atoms with van der Waals surface area (Å²) in [6.45, 7) is 7.85. The summed E-state index contributed by atoms with van der Waals surface area (Å²) in [5.41, 5.74) is 6.18. The number of carbonyl (C=O) groups excluding carboxylic acids is 2. The van der Waals surface area contributed by atoms with Gasteiger partial charge in [-0.05, 0) is 49.7 Å². The first-order chi connectivity index (χ1) is 15.0. The van der Waals surface area contributed by atoms with Crippen LogP contribution in [0.15, 0.2) is 85.2 Å². The number of hydrogen-bond acceptors (Lipinski definition) is 4. The first kappa shape index (κ1) is 21.7.